The Morgan fingerprint density at radius 1 is 0.933 bits per heavy atom. The molecule has 2 nitrogen and oxygen atoms in total. The molecule has 0 N–H and O–H groups in total. The van der Waals surface area contributed by atoms with Gasteiger partial charge < -0.3 is 10.6 Å². The second-order valence-corrected chi connectivity index (χ2v) is 7.63. The van der Waals surface area contributed by atoms with Crippen molar-refractivity contribution in [1.82, 2.24) is 0 Å². The molecule has 0 aromatic rings. The van der Waals surface area contributed by atoms with Crippen LogP contribution < -0.4 is 0 Å². The molecule has 0 aromatic carbocycles. The van der Waals surface area contributed by atoms with Crippen molar-refractivity contribution in [2.75, 3.05) is 27.2 Å². The van der Waals surface area contributed by atoms with Crippen LogP contribution in [0.15, 0.2) is 0 Å². The Bertz CT molecular complexity index is 83.5. The van der Waals surface area contributed by atoms with E-state index in [4.69, 9.17) is 17.0 Å². The summed E-state index contributed by atoms with van der Waals surface area (Å²) in [5.74, 6) is 1.45. The SMILES string of the molecule is CC(C)C[N-]CC(C)C.C[N-]C.[Cl][Zr+2][Cl]. The normalized spacial score (nSPS) is 8.67. The van der Waals surface area contributed by atoms with Crippen molar-refractivity contribution in [3.63, 3.8) is 0 Å². The third-order valence-corrected chi connectivity index (χ3v) is 0.988. The average molecular weight is 334 g/mol. The molecule has 0 spiro atoms. The molecular weight excluding hydrogens is 310 g/mol. The molecule has 0 amide bonds. The first-order chi connectivity index (χ1) is 6.95. The predicted molar refractivity (Wildman–Crippen MR) is 69.7 cm³/mol. The van der Waals surface area contributed by atoms with Gasteiger partial charge in [-0.15, -0.1) is 13.1 Å². The van der Waals surface area contributed by atoms with E-state index < -0.39 is 20.8 Å². The Labute approximate surface area is 115 Å². The Kier molecular flexibility index (Phi) is 29.9. The molecule has 0 aliphatic rings. The summed E-state index contributed by atoms with van der Waals surface area (Å²) in [4.78, 5) is 0. The van der Waals surface area contributed by atoms with Gasteiger partial charge in [-0.3, -0.25) is 0 Å². The van der Waals surface area contributed by atoms with Gasteiger partial charge in [0.05, 0.1) is 0 Å². The van der Waals surface area contributed by atoms with Gasteiger partial charge in [0.2, 0.25) is 0 Å². The van der Waals surface area contributed by atoms with Gasteiger partial charge in [-0.25, -0.2) is 0 Å². The van der Waals surface area contributed by atoms with Gasteiger partial charge in [0, 0.05) is 0 Å². The second-order valence-electron chi connectivity index (χ2n) is 3.90. The Morgan fingerprint density at radius 3 is 1.27 bits per heavy atom. The summed E-state index contributed by atoms with van der Waals surface area (Å²) in [6.07, 6.45) is 0. The fourth-order valence-electron chi connectivity index (χ4n) is 0.591. The van der Waals surface area contributed by atoms with E-state index in [0.717, 1.165) is 24.9 Å². The average Bonchev–Trinajstić information content (AvgIpc) is 2.05. The molecule has 0 atom stereocenters. The molecule has 0 radical (unpaired) electrons. The van der Waals surface area contributed by atoms with E-state index in [1.54, 1.807) is 14.1 Å². The van der Waals surface area contributed by atoms with Gasteiger partial charge in [-0.2, -0.15) is 14.1 Å². The van der Waals surface area contributed by atoms with Crippen LogP contribution in [0.5, 0.6) is 0 Å². The van der Waals surface area contributed by atoms with Gasteiger partial charge in [-0.05, 0) is 0 Å². The Balaban J connectivity index is -0.000000200. The third kappa shape index (κ3) is 50.5. The Morgan fingerprint density at radius 2 is 1.13 bits per heavy atom. The minimum atomic E-state index is -0.826. The summed E-state index contributed by atoms with van der Waals surface area (Å²) in [5.41, 5.74) is 0. The molecule has 0 saturated carbocycles. The predicted octanol–water partition coefficient (Wildman–Crippen LogP) is 4.67. The van der Waals surface area contributed by atoms with Crippen molar-refractivity contribution in [1.29, 1.82) is 0 Å². The van der Waals surface area contributed by atoms with Crippen LogP contribution in [0.3, 0.4) is 0 Å². The van der Waals surface area contributed by atoms with Crippen LogP contribution in [0, 0.1) is 11.8 Å². The van der Waals surface area contributed by atoms with E-state index >= 15 is 0 Å². The summed E-state index contributed by atoms with van der Waals surface area (Å²) in [6.45, 7) is 10.8. The van der Waals surface area contributed by atoms with Crippen LogP contribution in [0.2, 0.25) is 0 Å². The molecule has 0 aliphatic heterocycles. The third-order valence-electron chi connectivity index (χ3n) is 0.988. The second kappa shape index (κ2) is 20.8. The minimum absolute atomic E-state index is 0.726. The van der Waals surface area contributed by atoms with Crippen molar-refractivity contribution < 1.29 is 20.8 Å². The van der Waals surface area contributed by atoms with E-state index in [-0.39, 0.29) is 0 Å². The van der Waals surface area contributed by atoms with Crippen molar-refractivity contribution in [3.8, 4) is 0 Å². The molecule has 0 saturated heterocycles. The maximum absolute atomic E-state index is 4.93. The number of halogens is 2. The van der Waals surface area contributed by atoms with Crippen molar-refractivity contribution in [3.05, 3.63) is 10.6 Å². The fraction of sp³-hybridized carbons (Fsp3) is 1.00. The molecule has 0 fully saturated rings. The molecule has 0 bridgehead atoms. The summed E-state index contributed by atoms with van der Waals surface area (Å²) in [7, 11) is 13.4. The topological polar surface area (TPSA) is 28.2 Å². The summed E-state index contributed by atoms with van der Waals surface area (Å²) in [5, 5.41) is 7.87. The zero-order valence-corrected chi connectivity index (χ0v) is 14.7. The first-order valence-electron chi connectivity index (χ1n) is 5.03. The summed E-state index contributed by atoms with van der Waals surface area (Å²) in [6, 6.07) is 0. The van der Waals surface area contributed by atoms with E-state index in [0.29, 0.717) is 0 Å². The summed E-state index contributed by atoms with van der Waals surface area (Å²) < 4.78 is 0. The molecule has 92 valence electrons. The van der Waals surface area contributed by atoms with E-state index in [1.165, 1.54) is 0 Å². The number of rotatable bonds is 4. The molecule has 0 aliphatic carbocycles. The molecule has 0 aromatic heterocycles. The quantitative estimate of drug-likeness (QED) is 0.715. The molecule has 0 unspecified atom stereocenters. The van der Waals surface area contributed by atoms with Crippen LogP contribution in [-0.2, 0) is 20.8 Å². The first kappa shape index (κ1) is 21.6. The Hall–Kier alpha value is 1.38. The van der Waals surface area contributed by atoms with Gasteiger partial charge in [0.15, 0.2) is 0 Å². The number of hydrogen-bond acceptors (Lipinski definition) is 0. The molecular formula is C10H24Cl2N2Zr. The van der Waals surface area contributed by atoms with E-state index in [9.17, 15) is 0 Å². The van der Waals surface area contributed by atoms with Crippen LogP contribution in [0.4, 0.5) is 0 Å². The van der Waals surface area contributed by atoms with Crippen molar-refractivity contribution in [2.45, 2.75) is 27.7 Å². The molecule has 0 heterocycles. The van der Waals surface area contributed by atoms with E-state index in [2.05, 4.69) is 38.3 Å². The zero-order chi connectivity index (χ0) is 12.7. The maximum atomic E-state index is 4.93. The standard InChI is InChI=1S/C8H18N.C2H6N.2ClH.Zr/c1-7(2)5-9-6-8(3)4;1-3-2;;;/h7-8H,5-6H2,1-4H3;1-2H3;2*1H;/q2*-1;;;+4/p-2. The van der Waals surface area contributed by atoms with Crippen LogP contribution in [0.1, 0.15) is 27.7 Å². The van der Waals surface area contributed by atoms with Gasteiger partial charge in [0.1, 0.15) is 0 Å². The molecule has 5 heteroatoms. The summed E-state index contributed by atoms with van der Waals surface area (Å²) >= 11 is -0.826. The zero-order valence-electron chi connectivity index (χ0n) is 10.7. The number of nitrogens with zero attached hydrogens (tertiary/aromatic N) is 2. The van der Waals surface area contributed by atoms with Crippen LogP contribution >= 0.6 is 17.0 Å². The van der Waals surface area contributed by atoms with Crippen molar-refractivity contribution in [2.24, 2.45) is 11.8 Å². The van der Waals surface area contributed by atoms with Gasteiger partial charge >= 0.3 is 37.9 Å². The first-order valence-corrected chi connectivity index (χ1v) is 11.4. The van der Waals surface area contributed by atoms with E-state index in [1.807, 2.05) is 0 Å². The van der Waals surface area contributed by atoms with Crippen LogP contribution in [0.25, 0.3) is 10.6 Å². The van der Waals surface area contributed by atoms with Gasteiger partial charge in [-0.1, -0.05) is 39.5 Å². The molecule has 15 heavy (non-hydrogen) atoms. The van der Waals surface area contributed by atoms with Crippen molar-refractivity contribution >= 4 is 17.0 Å². The van der Waals surface area contributed by atoms with Gasteiger partial charge in [0.25, 0.3) is 0 Å². The monoisotopic (exact) mass is 332 g/mol. The molecule has 0 rings (SSSR count). The number of hydrogen-bond donors (Lipinski definition) is 0. The fourth-order valence-corrected chi connectivity index (χ4v) is 0.591. The van der Waals surface area contributed by atoms with Crippen LogP contribution in [-0.4, -0.2) is 27.2 Å².